The zero-order valence-electron chi connectivity index (χ0n) is 10.8. The lowest BCUT2D eigenvalue weighted by Gasteiger charge is -2.06. The number of nitrogens with one attached hydrogen (secondary N) is 1. The summed E-state index contributed by atoms with van der Waals surface area (Å²) in [5.41, 5.74) is 0.703. The van der Waals surface area contributed by atoms with Crippen LogP contribution in [0.3, 0.4) is 0 Å². The summed E-state index contributed by atoms with van der Waals surface area (Å²) in [4.78, 5) is 26.0. The summed E-state index contributed by atoms with van der Waals surface area (Å²) in [6.07, 6.45) is 0. The Bertz CT molecular complexity index is 915. The Labute approximate surface area is 118 Å². The van der Waals surface area contributed by atoms with Gasteiger partial charge in [-0.15, -0.1) is 0 Å². The molecule has 0 saturated carbocycles. The summed E-state index contributed by atoms with van der Waals surface area (Å²) in [6.45, 7) is 0. The number of aromatic carboxylic acids is 1. The van der Waals surface area contributed by atoms with Crippen molar-refractivity contribution >= 4 is 16.9 Å². The fourth-order valence-electron chi connectivity index (χ4n) is 2.21. The van der Waals surface area contributed by atoms with E-state index >= 15 is 0 Å². The molecule has 0 unspecified atom stereocenters. The van der Waals surface area contributed by atoms with Crippen LogP contribution in [0.1, 0.15) is 10.4 Å². The van der Waals surface area contributed by atoms with Gasteiger partial charge < -0.3 is 10.1 Å². The Morgan fingerprint density at radius 1 is 1.10 bits per heavy atom. The van der Waals surface area contributed by atoms with Crippen molar-refractivity contribution in [2.75, 3.05) is 0 Å². The monoisotopic (exact) mass is 283 g/mol. The highest BCUT2D eigenvalue weighted by molar-refractivity contribution is 5.93. The van der Waals surface area contributed by atoms with Crippen LogP contribution in [-0.4, -0.2) is 16.1 Å². The van der Waals surface area contributed by atoms with E-state index in [0.29, 0.717) is 16.6 Å². The van der Waals surface area contributed by atoms with Crippen LogP contribution in [0.2, 0.25) is 0 Å². The van der Waals surface area contributed by atoms with Crippen molar-refractivity contribution in [3.8, 4) is 11.3 Å². The molecular formula is C16H10FNO3. The number of rotatable bonds is 2. The van der Waals surface area contributed by atoms with Gasteiger partial charge in [0.25, 0.3) is 0 Å². The van der Waals surface area contributed by atoms with Crippen LogP contribution >= 0.6 is 0 Å². The van der Waals surface area contributed by atoms with Crippen molar-refractivity contribution in [3.63, 3.8) is 0 Å². The predicted molar refractivity (Wildman–Crippen MR) is 76.9 cm³/mol. The molecule has 0 saturated heterocycles. The lowest BCUT2D eigenvalue weighted by atomic mass is 10.1. The van der Waals surface area contributed by atoms with Gasteiger partial charge in [0.05, 0.1) is 16.8 Å². The first-order valence-corrected chi connectivity index (χ1v) is 6.21. The topological polar surface area (TPSA) is 70.2 Å². The van der Waals surface area contributed by atoms with Crippen molar-refractivity contribution in [3.05, 3.63) is 70.1 Å². The van der Waals surface area contributed by atoms with Crippen LogP contribution in [0.4, 0.5) is 4.39 Å². The number of hydrogen-bond donors (Lipinski definition) is 2. The van der Waals surface area contributed by atoms with Crippen molar-refractivity contribution in [1.29, 1.82) is 0 Å². The van der Waals surface area contributed by atoms with Gasteiger partial charge in [-0.1, -0.05) is 12.1 Å². The molecule has 5 heteroatoms. The molecule has 1 aromatic heterocycles. The number of aromatic amines is 1. The molecule has 0 bridgehead atoms. The maximum Gasteiger partial charge on any atom is 0.335 e. The van der Waals surface area contributed by atoms with Gasteiger partial charge >= 0.3 is 5.97 Å². The molecule has 1 heterocycles. The van der Waals surface area contributed by atoms with E-state index in [1.54, 1.807) is 18.2 Å². The first-order valence-electron chi connectivity index (χ1n) is 6.21. The molecule has 4 nitrogen and oxygen atoms in total. The highest BCUT2D eigenvalue weighted by Gasteiger charge is 2.10. The van der Waals surface area contributed by atoms with Gasteiger partial charge in [0, 0.05) is 17.0 Å². The van der Waals surface area contributed by atoms with Crippen LogP contribution in [0.5, 0.6) is 0 Å². The molecule has 2 aromatic carbocycles. The molecule has 0 spiro atoms. The first-order chi connectivity index (χ1) is 10.1. The number of halogens is 1. The maximum atomic E-state index is 13.8. The third-order valence-electron chi connectivity index (χ3n) is 3.24. The predicted octanol–water partition coefficient (Wildman–Crippen LogP) is 3.03. The number of fused-ring (bicyclic) bond motifs is 1. The van der Waals surface area contributed by atoms with Gasteiger partial charge in [0.15, 0.2) is 5.43 Å². The Kier molecular flexibility index (Phi) is 3.02. The second kappa shape index (κ2) is 4.86. The summed E-state index contributed by atoms with van der Waals surface area (Å²) in [7, 11) is 0. The molecule has 0 radical (unpaired) electrons. The minimum Gasteiger partial charge on any atom is -0.478 e. The number of benzene rings is 2. The Hall–Kier alpha value is -2.95. The largest absolute Gasteiger partial charge is 0.478 e. The summed E-state index contributed by atoms with van der Waals surface area (Å²) in [5, 5.41) is 9.35. The minimum absolute atomic E-state index is 0.0591. The number of pyridine rings is 1. The van der Waals surface area contributed by atoms with E-state index in [-0.39, 0.29) is 16.6 Å². The second-order valence-electron chi connectivity index (χ2n) is 4.59. The van der Waals surface area contributed by atoms with Crippen molar-refractivity contribution < 1.29 is 14.3 Å². The molecule has 21 heavy (non-hydrogen) atoms. The molecule has 0 fully saturated rings. The lowest BCUT2D eigenvalue weighted by molar-refractivity contribution is 0.0697. The van der Waals surface area contributed by atoms with E-state index in [1.807, 2.05) is 0 Å². The zero-order valence-corrected chi connectivity index (χ0v) is 10.8. The first kappa shape index (κ1) is 13.1. The summed E-state index contributed by atoms with van der Waals surface area (Å²) in [5.74, 6) is -1.55. The number of carboxylic acids is 1. The average molecular weight is 283 g/mol. The molecule has 0 aliphatic heterocycles. The minimum atomic E-state index is -1.09. The normalized spacial score (nSPS) is 10.7. The molecule has 104 valence electrons. The summed E-state index contributed by atoms with van der Waals surface area (Å²) < 4.78 is 13.8. The van der Waals surface area contributed by atoms with Gasteiger partial charge in [-0.25, -0.2) is 9.18 Å². The smallest absolute Gasteiger partial charge is 0.335 e. The molecule has 0 atom stereocenters. The van der Waals surface area contributed by atoms with E-state index in [2.05, 4.69) is 4.98 Å². The Morgan fingerprint density at radius 2 is 1.86 bits per heavy atom. The Balaban J connectivity index is 2.29. The number of H-pyrrole nitrogens is 1. The van der Waals surface area contributed by atoms with Crippen LogP contribution in [0, 0.1) is 5.82 Å². The lowest BCUT2D eigenvalue weighted by Crippen LogP contribution is -2.05. The van der Waals surface area contributed by atoms with Crippen molar-refractivity contribution in [2.24, 2.45) is 0 Å². The van der Waals surface area contributed by atoms with E-state index in [9.17, 15) is 14.0 Å². The Morgan fingerprint density at radius 3 is 2.57 bits per heavy atom. The number of carboxylic acid groups (broad SMARTS) is 1. The zero-order chi connectivity index (χ0) is 15.0. The van der Waals surface area contributed by atoms with Gasteiger partial charge in [0.1, 0.15) is 5.82 Å². The van der Waals surface area contributed by atoms with Crippen LogP contribution in [0.15, 0.2) is 53.3 Å². The molecular weight excluding hydrogens is 273 g/mol. The van der Waals surface area contributed by atoms with Crippen LogP contribution in [-0.2, 0) is 0 Å². The van der Waals surface area contributed by atoms with Gasteiger partial charge in [-0.3, -0.25) is 4.79 Å². The van der Waals surface area contributed by atoms with Gasteiger partial charge in [-0.05, 0) is 30.3 Å². The summed E-state index contributed by atoms with van der Waals surface area (Å²) in [6, 6.07) is 11.5. The third kappa shape index (κ3) is 2.29. The number of carbonyl (C=O) groups is 1. The average Bonchev–Trinajstić information content (AvgIpc) is 2.47. The highest BCUT2D eigenvalue weighted by atomic mass is 19.1. The molecule has 0 amide bonds. The van der Waals surface area contributed by atoms with E-state index in [0.717, 1.165) is 0 Å². The fraction of sp³-hybridized carbons (Fsp3) is 0. The van der Waals surface area contributed by atoms with Gasteiger partial charge in [0.2, 0.25) is 0 Å². The standard InChI is InChI=1S/C16H10FNO3/c17-12-4-2-1-3-10(12)14-8-15(19)11-6-5-9(16(20)21)7-13(11)18-14/h1-8H,(H,18,19)(H,20,21). The molecule has 3 aromatic rings. The fourth-order valence-corrected chi connectivity index (χ4v) is 2.21. The maximum absolute atomic E-state index is 13.8. The van der Waals surface area contributed by atoms with Crippen molar-refractivity contribution in [1.82, 2.24) is 4.98 Å². The number of hydrogen-bond acceptors (Lipinski definition) is 2. The molecule has 2 N–H and O–H groups in total. The van der Waals surface area contributed by atoms with Crippen LogP contribution in [0.25, 0.3) is 22.2 Å². The van der Waals surface area contributed by atoms with E-state index in [4.69, 9.17) is 5.11 Å². The SMILES string of the molecule is O=C(O)c1ccc2c(=O)cc(-c3ccccc3F)[nH]c2c1. The highest BCUT2D eigenvalue weighted by Crippen LogP contribution is 2.21. The quantitative estimate of drug-likeness (QED) is 0.759. The van der Waals surface area contributed by atoms with E-state index in [1.165, 1.54) is 30.3 Å². The van der Waals surface area contributed by atoms with Gasteiger partial charge in [-0.2, -0.15) is 0 Å². The molecule has 0 aliphatic rings. The summed E-state index contributed by atoms with van der Waals surface area (Å²) >= 11 is 0. The third-order valence-corrected chi connectivity index (χ3v) is 3.24. The molecule has 0 aliphatic carbocycles. The van der Waals surface area contributed by atoms with E-state index < -0.39 is 11.8 Å². The van der Waals surface area contributed by atoms with Crippen LogP contribution < -0.4 is 5.43 Å². The van der Waals surface area contributed by atoms with Crippen molar-refractivity contribution in [2.45, 2.75) is 0 Å². The molecule has 3 rings (SSSR count). The number of aromatic nitrogens is 1. The second-order valence-corrected chi connectivity index (χ2v) is 4.59.